The molecule has 23 heavy (non-hydrogen) atoms. The van der Waals surface area contributed by atoms with Gasteiger partial charge in [0.15, 0.2) is 0 Å². The third-order valence-corrected chi connectivity index (χ3v) is 4.47. The van der Waals surface area contributed by atoms with Crippen molar-refractivity contribution in [3.05, 3.63) is 35.9 Å². The molecule has 1 saturated heterocycles. The van der Waals surface area contributed by atoms with Crippen molar-refractivity contribution in [1.29, 1.82) is 0 Å². The molecule has 1 atom stereocenters. The highest BCUT2D eigenvalue weighted by Crippen LogP contribution is 2.33. The smallest absolute Gasteiger partial charge is 0.233 e. The molecule has 2 amide bonds. The van der Waals surface area contributed by atoms with Crippen LogP contribution >= 0.6 is 0 Å². The largest absolute Gasteiger partial charge is 0.299 e. The highest BCUT2D eigenvalue weighted by atomic mass is 16.2. The number of benzene rings is 1. The highest BCUT2D eigenvalue weighted by Gasteiger charge is 2.47. The van der Waals surface area contributed by atoms with Gasteiger partial charge in [0.25, 0.3) is 0 Å². The third-order valence-electron chi connectivity index (χ3n) is 4.47. The van der Waals surface area contributed by atoms with E-state index in [-0.39, 0.29) is 42.3 Å². The molecule has 1 fully saturated rings. The Bertz CT molecular complexity index is 604. The zero-order valence-electron chi connectivity index (χ0n) is 14.3. The van der Waals surface area contributed by atoms with Gasteiger partial charge in [0, 0.05) is 25.2 Å². The summed E-state index contributed by atoms with van der Waals surface area (Å²) < 4.78 is 0. The second-order valence-electron chi connectivity index (χ2n) is 7.31. The number of rotatable bonds is 6. The molecule has 0 aliphatic carbocycles. The molecule has 0 radical (unpaired) electrons. The molecule has 1 heterocycles. The fourth-order valence-corrected chi connectivity index (χ4v) is 3.26. The highest BCUT2D eigenvalue weighted by molar-refractivity contribution is 6.04. The van der Waals surface area contributed by atoms with E-state index < -0.39 is 5.54 Å². The summed E-state index contributed by atoms with van der Waals surface area (Å²) in [7, 11) is 0. The topological polar surface area (TPSA) is 54.5 Å². The first-order valence-electron chi connectivity index (χ1n) is 8.15. The Morgan fingerprint density at radius 1 is 1.22 bits per heavy atom. The van der Waals surface area contributed by atoms with Gasteiger partial charge < -0.3 is 0 Å². The van der Waals surface area contributed by atoms with Gasteiger partial charge in [-0.1, -0.05) is 44.2 Å². The van der Waals surface area contributed by atoms with E-state index in [1.807, 2.05) is 44.2 Å². The standard InChI is InChI=1S/C19H25NO3/c1-13(2)16-11-17(22)20(18(16)23)19(3,4)12-15(21)10-14-8-6-5-7-9-14/h5-9,13,16H,10-12H2,1-4H3. The predicted octanol–water partition coefficient (Wildman–Crippen LogP) is 3.00. The first-order valence-corrected chi connectivity index (χ1v) is 8.15. The van der Waals surface area contributed by atoms with Crippen LogP contribution in [0.5, 0.6) is 0 Å². The summed E-state index contributed by atoms with van der Waals surface area (Å²) in [5.74, 6) is -0.387. The van der Waals surface area contributed by atoms with Crippen LogP contribution < -0.4 is 0 Å². The number of carbonyl (C=O) groups is 3. The number of nitrogens with zero attached hydrogens (tertiary/aromatic N) is 1. The van der Waals surface area contributed by atoms with Crippen molar-refractivity contribution < 1.29 is 14.4 Å². The molecule has 0 spiro atoms. The van der Waals surface area contributed by atoms with Crippen LogP contribution in [0.2, 0.25) is 0 Å². The van der Waals surface area contributed by atoms with E-state index in [0.29, 0.717) is 6.42 Å². The Hall–Kier alpha value is -1.97. The van der Waals surface area contributed by atoms with Crippen LogP contribution in [0.1, 0.15) is 46.1 Å². The minimum absolute atomic E-state index is 0.0368. The van der Waals surface area contributed by atoms with Crippen molar-refractivity contribution in [3.8, 4) is 0 Å². The summed E-state index contributed by atoms with van der Waals surface area (Å²) in [6, 6.07) is 9.52. The molecular weight excluding hydrogens is 290 g/mol. The number of imide groups is 1. The molecule has 124 valence electrons. The summed E-state index contributed by atoms with van der Waals surface area (Å²) >= 11 is 0. The maximum absolute atomic E-state index is 12.5. The van der Waals surface area contributed by atoms with Crippen molar-refractivity contribution in [2.75, 3.05) is 0 Å². The van der Waals surface area contributed by atoms with Crippen LogP contribution in [0.4, 0.5) is 0 Å². The Morgan fingerprint density at radius 2 is 1.83 bits per heavy atom. The summed E-state index contributed by atoms with van der Waals surface area (Å²) in [5.41, 5.74) is 0.177. The molecule has 0 saturated carbocycles. The van der Waals surface area contributed by atoms with Gasteiger partial charge in [-0.3, -0.25) is 19.3 Å². The lowest BCUT2D eigenvalue weighted by Gasteiger charge is -2.34. The summed E-state index contributed by atoms with van der Waals surface area (Å²) in [6.45, 7) is 7.50. The molecular formula is C19H25NO3. The quantitative estimate of drug-likeness (QED) is 0.758. The maximum Gasteiger partial charge on any atom is 0.233 e. The molecule has 1 aliphatic heterocycles. The first kappa shape index (κ1) is 17.4. The van der Waals surface area contributed by atoms with Gasteiger partial charge in [0.05, 0.1) is 5.54 Å². The van der Waals surface area contributed by atoms with Crippen LogP contribution in [0.25, 0.3) is 0 Å². The molecule has 0 bridgehead atoms. The fraction of sp³-hybridized carbons (Fsp3) is 0.526. The van der Waals surface area contributed by atoms with Crippen LogP contribution in [0, 0.1) is 11.8 Å². The molecule has 4 heteroatoms. The maximum atomic E-state index is 12.5. The molecule has 4 nitrogen and oxygen atoms in total. The molecule has 0 N–H and O–H groups in total. The SMILES string of the molecule is CC(C)C1CC(=O)N(C(C)(C)CC(=O)Cc2ccccc2)C1=O. The molecule has 2 rings (SSSR count). The zero-order chi connectivity index (χ0) is 17.2. The van der Waals surface area contributed by atoms with Crippen LogP contribution in [-0.4, -0.2) is 28.0 Å². The second kappa shape index (κ2) is 6.65. The number of ketones is 1. The average Bonchev–Trinajstić information content (AvgIpc) is 2.75. The number of likely N-dealkylation sites (tertiary alicyclic amines) is 1. The zero-order valence-corrected chi connectivity index (χ0v) is 14.3. The Balaban J connectivity index is 2.07. The van der Waals surface area contributed by atoms with E-state index in [1.165, 1.54) is 4.90 Å². The number of amides is 2. The van der Waals surface area contributed by atoms with E-state index in [0.717, 1.165) is 5.56 Å². The number of hydrogen-bond acceptors (Lipinski definition) is 3. The molecule has 0 aromatic heterocycles. The van der Waals surface area contributed by atoms with Crippen LogP contribution in [0.15, 0.2) is 30.3 Å². The van der Waals surface area contributed by atoms with Gasteiger partial charge in [-0.05, 0) is 25.3 Å². The lowest BCUT2D eigenvalue weighted by molar-refractivity contribution is -0.146. The molecule has 1 aromatic carbocycles. The summed E-state index contributed by atoms with van der Waals surface area (Å²) in [6.07, 6.45) is 0.769. The second-order valence-corrected chi connectivity index (χ2v) is 7.31. The van der Waals surface area contributed by atoms with Crippen molar-refractivity contribution in [1.82, 2.24) is 4.90 Å². The van der Waals surface area contributed by atoms with Crippen molar-refractivity contribution in [3.63, 3.8) is 0 Å². The van der Waals surface area contributed by atoms with Gasteiger partial charge in [-0.15, -0.1) is 0 Å². The molecule has 1 unspecified atom stereocenters. The van der Waals surface area contributed by atoms with E-state index in [4.69, 9.17) is 0 Å². The van der Waals surface area contributed by atoms with Gasteiger partial charge >= 0.3 is 0 Å². The van der Waals surface area contributed by atoms with Gasteiger partial charge in [0.1, 0.15) is 5.78 Å². The predicted molar refractivity (Wildman–Crippen MR) is 88.6 cm³/mol. The lowest BCUT2D eigenvalue weighted by Crippen LogP contribution is -2.49. The van der Waals surface area contributed by atoms with Gasteiger partial charge in [0.2, 0.25) is 11.8 Å². The normalized spacial score (nSPS) is 18.8. The average molecular weight is 315 g/mol. The number of Topliss-reactive ketones (excluding diaryl/α,β-unsaturated/α-hetero) is 1. The number of carbonyl (C=O) groups excluding carboxylic acids is 3. The van der Waals surface area contributed by atoms with E-state index in [1.54, 1.807) is 13.8 Å². The Labute approximate surface area is 137 Å². The summed E-state index contributed by atoms with van der Waals surface area (Å²) in [5, 5.41) is 0. The minimum Gasteiger partial charge on any atom is -0.299 e. The molecule has 1 aromatic rings. The fourth-order valence-electron chi connectivity index (χ4n) is 3.26. The lowest BCUT2D eigenvalue weighted by atomic mass is 9.91. The Kier molecular flexibility index (Phi) is 5.03. The van der Waals surface area contributed by atoms with Gasteiger partial charge in [-0.25, -0.2) is 0 Å². The van der Waals surface area contributed by atoms with Crippen molar-refractivity contribution in [2.45, 2.75) is 52.5 Å². The first-order chi connectivity index (χ1) is 10.7. The van der Waals surface area contributed by atoms with Crippen LogP contribution in [-0.2, 0) is 20.8 Å². The van der Waals surface area contributed by atoms with Crippen molar-refractivity contribution in [2.24, 2.45) is 11.8 Å². The van der Waals surface area contributed by atoms with E-state index in [2.05, 4.69) is 0 Å². The van der Waals surface area contributed by atoms with Crippen molar-refractivity contribution >= 4 is 17.6 Å². The van der Waals surface area contributed by atoms with E-state index >= 15 is 0 Å². The monoisotopic (exact) mass is 315 g/mol. The third kappa shape index (κ3) is 3.87. The summed E-state index contributed by atoms with van der Waals surface area (Å²) in [4.78, 5) is 38.5. The number of hydrogen-bond donors (Lipinski definition) is 0. The van der Waals surface area contributed by atoms with E-state index in [9.17, 15) is 14.4 Å². The van der Waals surface area contributed by atoms with Crippen LogP contribution in [0.3, 0.4) is 0 Å². The Morgan fingerprint density at radius 3 is 2.35 bits per heavy atom. The van der Waals surface area contributed by atoms with Gasteiger partial charge in [-0.2, -0.15) is 0 Å². The minimum atomic E-state index is -0.774. The molecule has 1 aliphatic rings.